The molecular weight excluding hydrogens is 400 g/mol. The Hall–Kier alpha value is -2.72. The number of rotatable bonds is 1. The van der Waals surface area contributed by atoms with Crippen LogP contribution in [0.2, 0.25) is 0 Å². The minimum absolute atomic E-state index is 0.0369. The number of benzene rings is 1. The summed E-state index contributed by atoms with van der Waals surface area (Å²) in [5.74, 6) is 0. The summed E-state index contributed by atoms with van der Waals surface area (Å²) in [6, 6.07) is 13.6. The molecule has 4 aromatic heterocycles. The standard InChI is InChI=1S/C27H26N2OS/c1-15-9-10-17-16-7-6-8-18(23(16)30-25(17)28-15)19-11-12-20-22(29-19)21-24(31-20)27(4,5)14-13-26(21,2)3/h6-12H,13-14H2,1-5H3/i1D3. The van der Waals surface area contributed by atoms with E-state index in [0.717, 1.165) is 34.0 Å². The van der Waals surface area contributed by atoms with E-state index in [2.05, 4.69) is 44.8 Å². The van der Waals surface area contributed by atoms with Crippen LogP contribution in [-0.2, 0) is 10.8 Å². The number of hydrogen-bond donors (Lipinski definition) is 0. The first kappa shape index (κ1) is 16.0. The number of furan rings is 1. The Bertz CT molecular complexity index is 1610. The lowest BCUT2D eigenvalue weighted by atomic mass is 9.66. The van der Waals surface area contributed by atoms with Gasteiger partial charge in [-0.05, 0) is 66.4 Å². The number of nitrogens with zero attached hydrogens (tertiary/aromatic N) is 2. The van der Waals surface area contributed by atoms with Crippen LogP contribution in [0.3, 0.4) is 0 Å². The fourth-order valence-corrected chi connectivity index (χ4v) is 6.43. The van der Waals surface area contributed by atoms with Crippen molar-refractivity contribution in [3.63, 3.8) is 0 Å². The molecule has 4 heteroatoms. The zero-order valence-electron chi connectivity index (χ0n) is 21.2. The zero-order chi connectivity index (χ0) is 24.0. The topological polar surface area (TPSA) is 38.9 Å². The summed E-state index contributed by atoms with van der Waals surface area (Å²) in [4.78, 5) is 11.0. The Balaban J connectivity index is 1.59. The van der Waals surface area contributed by atoms with Crippen molar-refractivity contribution in [2.45, 2.75) is 58.2 Å². The van der Waals surface area contributed by atoms with E-state index < -0.39 is 6.85 Å². The third kappa shape index (κ3) is 2.71. The molecular formula is C27H26N2OS. The van der Waals surface area contributed by atoms with Gasteiger partial charge in [0.1, 0.15) is 5.58 Å². The van der Waals surface area contributed by atoms with E-state index >= 15 is 0 Å². The lowest BCUT2D eigenvalue weighted by Crippen LogP contribution is -2.32. The summed E-state index contributed by atoms with van der Waals surface area (Å²) in [7, 11) is 0. The molecule has 3 nitrogen and oxygen atoms in total. The molecule has 0 bridgehead atoms. The lowest BCUT2D eigenvalue weighted by Gasteiger charge is -2.39. The van der Waals surface area contributed by atoms with Gasteiger partial charge in [-0.25, -0.2) is 9.97 Å². The van der Waals surface area contributed by atoms with Crippen LogP contribution in [0.5, 0.6) is 0 Å². The second-order valence-electron chi connectivity index (χ2n) is 9.95. The maximum absolute atomic E-state index is 7.68. The van der Waals surface area contributed by atoms with Crippen molar-refractivity contribution in [1.29, 1.82) is 0 Å². The first-order valence-electron chi connectivity index (χ1n) is 12.2. The molecule has 1 aliphatic carbocycles. The van der Waals surface area contributed by atoms with Crippen molar-refractivity contribution in [1.82, 2.24) is 9.97 Å². The lowest BCUT2D eigenvalue weighted by molar-refractivity contribution is 0.341. The molecule has 0 atom stereocenters. The van der Waals surface area contributed by atoms with E-state index in [4.69, 9.17) is 13.5 Å². The van der Waals surface area contributed by atoms with Gasteiger partial charge in [0, 0.05) is 31.0 Å². The number of fused-ring (bicyclic) bond motifs is 6. The Morgan fingerprint density at radius 1 is 0.935 bits per heavy atom. The minimum Gasteiger partial charge on any atom is -0.437 e. The van der Waals surface area contributed by atoms with Gasteiger partial charge in [-0.3, -0.25) is 0 Å². The summed E-state index contributed by atoms with van der Waals surface area (Å²) in [6.07, 6.45) is 2.32. The Morgan fingerprint density at radius 2 is 1.77 bits per heavy atom. The maximum Gasteiger partial charge on any atom is 0.227 e. The molecule has 6 rings (SSSR count). The van der Waals surface area contributed by atoms with E-state index in [9.17, 15) is 0 Å². The Kier molecular flexibility index (Phi) is 3.18. The normalized spacial score (nSPS) is 19.3. The van der Waals surface area contributed by atoms with Crippen LogP contribution in [0.1, 0.15) is 60.8 Å². The molecule has 1 aromatic carbocycles. The second-order valence-corrected chi connectivity index (χ2v) is 11.0. The molecule has 0 fully saturated rings. The molecule has 0 saturated heterocycles. The van der Waals surface area contributed by atoms with Crippen molar-refractivity contribution in [2.75, 3.05) is 0 Å². The van der Waals surface area contributed by atoms with E-state index in [0.29, 0.717) is 11.3 Å². The molecule has 156 valence electrons. The van der Waals surface area contributed by atoms with Crippen molar-refractivity contribution in [2.24, 2.45) is 0 Å². The van der Waals surface area contributed by atoms with E-state index in [1.165, 1.54) is 21.6 Å². The summed E-state index contributed by atoms with van der Waals surface area (Å²) in [5.41, 5.74) is 5.51. The van der Waals surface area contributed by atoms with Crippen molar-refractivity contribution in [3.05, 3.63) is 58.6 Å². The number of aromatic nitrogens is 2. The van der Waals surface area contributed by atoms with E-state index in [1.807, 2.05) is 29.5 Å². The molecule has 0 radical (unpaired) electrons. The molecule has 0 N–H and O–H groups in total. The highest BCUT2D eigenvalue weighted by molar-refractivity contribution is 7.19. The SMILES string of the molecule is [2H]C([2H])([2H])c1ccc2c(n1)oc1c(-c3ccc4sc5c(c4n3)C(C)(C)CCC5(C)C)cccc12. The third-order valence-electron chi connectivity index (χ3n) is 6.84. The minimum atomic E-state index is -2.28. The molecule has 0 aliphatic heterocycles. The maximum atomic E-state index is 7.68. The average Bonchev–Trinajstić information content (AvgIpc) is 3.35. The van der Waals surface area contributed by atoms with Crippen LogP contribution in [0.15, 0.2) is 46.9 Å². The monoisotopic (exact) mass is 429 g/mol. The predicted octanol–water partition coefficient (Wildman–Crippen LogP) is 7.92. The van der Waals surface area contributed by atoms with Crippen molar-refractivity contribution < 1.29 is 8.53 Å². The summed E-state index contributed by atoms with van der Waals surface area (Å²) >= 11 is 1.87. The molecule has 0 unspecified atom stereocenters. The van der Waals surface area contributed by atoms with Crippen LogP contribution >= 0.6 is 11.3 Å². The highest BCUT2D eigenvalue weighted by Crippen LogP contribution is 2.52. The highest BCUT2D eigenvalue weighted by Gasteiger charge is 2.40. The molecule has 4 heterocycles. The van der Waals surface area contributed by atoms with E-state index in [1.54, 1.807) is 12.1 Å². The first-order chi connectivity index (χ1) is 16.0. The third-order valence-corrected chi connectivity index (χ3v) is 8.35. The molecule has 31 heavy (non-hydrogen) atoms. The van der Waals surface area contributed by atoms with Crippen LogP contribution in [0.4, 0.5) is 0 Å². The van der Waals surface area contributed by atoms with E-state index in [-0.39, 0.29) is 16.5 Å². The zero-order valence-corrected chi connectivity index (χ0v) is 19.0. The van der Waals surface area contributed by atoms with Gasteiger partial charge in [-0.2, -0.15) is 0 Å². The number of aryl methyl sites for hydroxylation is 1. The molecule has 0 spiro atoms. The second kappa shape index (κ2) is 6.17. The number of para-hydroxylation sites is 1. The van der Waals surface area contributed by atoms with Crippen LogP contribution in [0.25, 0.3) is 43.5 Å². The summed E-state index contributed by atoms with van der Waals surface area (Å²) < 4.78 is 30.4. The fourth-order valence-electron chi connectivity index (χ4n) is 4.97. The summed E-state index contributed by atoms with van der Waals surface area (Å²) in [5, 5.41) is 1.72. The van der Waals surface area contributed by atoms with Crippen LogP contribution < -0.4 is 0 Å². The Morgan fingerprint density at radius 3 is 2.61 bits per heavy atom. The van der Waals surface area contributed by atoms with Gasteiger partial charge >= 0.3 is 0 Å². The average molecular weight is 430 g/mol. The quantitative estimate of drug-likeness (QED) is 0.272. The molecule has 0 saturated carbocycles. The molecule has 0 amide bonds. The van der Waals surface area contributed by atoms with Crippen molar-refractivity contribution >= 4 is 43.6 Å². The van der Waals surface area contributed by atoms with Crippen molar-refractivity contribution in [3.8, 4) is 11.3 Å². The van der Waals surface area contributed by atoms with Crippen LogP contribution in [-0.4, -0.2) is 9.97 Å². The number of pyridine rings is 2. The van der Waals surface area contributed by atoms with Gasteiger partial charge < -0.3 is 4.42 Å². The summed E-state index contributed by atoms with van der Waals surface area (Å²) in [6.45, 7) is 7.06. The van der Waals surface area contributed by atoms with Gasteiger partial charge in [-0.1, -0.05) is 39.8 Å². The van der Waals surface area contributed by atoms with Gasteiger partial charge in [-0.15, -0.1) is 11.3 Å². The van der Waals surface area contributed by atoms with Gasteiger partial charge in [0.05, 0.1) is 15.9 Å². The largest absolute Gasteiger partial charge is 0.437 e. The molecule has 1 aliphatic rings. The molecule has 5 aromatic rings. The van der Waals surface area contributed by atoms with Gasteiger partial charge in [0.2, 0.25) is 5.71 Å². The smallest absolute Gasteiger partial charge is 0.227 e. The number of thiophene rings is 1. The highest BCUT2D eigenvalue weighted by atomic mass is 32.1. The van der Waals surface area contributed by atoms with Gasteiger partial charge in [0.25, 0.3) is 0 Å². The Labute approximate surface area is 190 Å². The first-order valence-corrected chi connectivity index (χ1v) is 11.5. The fraction of sp³-hybridized carbons (Fsp3) is 0.333. The predicted molar refractivity (Wildman–Crippen MR) is 130 cm³/mol. The van der Waals surface area contributed by atoms with Gasteiger partial charge in [0.15, 0.2) is 0 Å². The number of hydrogen-bond acceptors (Lipinski definition) is 4. The van der Waals surface area contributed by atoms with Crippen LogP contribution in [0, 0.1) is 6.85 Å².